The first kappa shape index (κ1) is 9.81. The first-order valence-electron chi connectivity index (χ1n) is 3.59. The molecule has 11 heavy (non-hydrogen) atoms. The normalized spacial score (nSPS) is 12.2. The highest BCUT2D eigenvalue weighted by molar-refractivity contribution is 5.92. The van der Waals surface area contributed by atoms with Crippen molar-refractivity contribution in [3.8, 4) is 0 Å². The van der Waals surface area contributed by atoms with Crippen LogP contribution in [0.5, 0.6) is 0 Å². The van der Waals surface area contributed by atoms with Gasteiger partial charge in [-0.1, -0.05) is 6.92 Å². The third kappa shape index (κ3) is 2.93. The Morgan fingerprint density at radius 2 is 2.09 bits per heavy atom. The molecule has 4 nitrogen and oxygen atoms in total. The van der Waals surface area contributed by atoms with Crippen LogP contribution in [0.4, 0.5) is 0 Å². The molecule has 0 saturated carbocycles. The lowest BCUT2D eigenvalue weighted by atomic mass is 10.2. The Hall–Kier alpha value is -1.19. The first-order valence-corrected chi connectivity index (χ1v) is 3.59. The third-order valence-corrected chi connectivity index (χ3v) is 1.28. The average Bonchev–Trinajstić information content (AvgIpc) is 1.88. The average molecular weight is 158 g/mol. The van der Waals surface area contributed by atoms with Gasteiger partial charge in [-0.3, -0.25) is 4.79 Å². The number of carbonyl (C=O) groups is 1. The van der Waals surface area contributed by atoms with Gasteiger partial charge in [0.15, 0.2) is 5.88 Å². The van der Waals surface area contributed by atoms with Crippen molar-refractivity contribution in [2.45, 2.75) is 20.3 Å². The second kappa shape index (κ2) is 4.60. The Kier molecular flexibility index (Phi) is 4.10. The number of amides is 1. The maximum absolute atomic E-state index is 10.6. The van der Waals surface area contributed by atoms with Crippen molar-refractivity contribution in [1.29, 1.82) is 0 Å². The van der Waals surface area contributed by atoms with Gasteiger partial charge in [0.1, 0.15) is 0 Å². The monoisotopic (exact) mass is 158 g/mol. The predicted molar refractivity (Wildman–Crippen MR) is 42.8 cm³/mol. The lowest BCUT2D eigenvalue weighted by Crippen LogP contribution is -2.22. The lowest BCUT2D eigenvalue weighted by molar-refractivity contribution is -0.114. The van der Waals surface area contributed by atoms with Gasteiger partial charge in [0.05, 0.1) is 5.57 Å². The van der Waals surface area contributed by atoms with Crippen molar-refractivity contribution in [3.63, 3.8) is 0 Å². The Bertz CT molecular complexity index is 175. The predicted octanol–water partition coefficient (Wildman–Crippen LogP) is 0.261. The molecule has 0 atom stereocenters. The Labute approximate surface area is 66.1 Å². The minimum Gasteiger partial charge on any atom is -0.494 e. The minimum atomic E-state index is -0.578. The summed E-state index contributed by atoms with van der Waals surface area (Å²) in [4.78, 5) is 10.6. The summed E-state index contributed by atoms with van der Waals surface area (Å²) in [5.74, 6) is -0.687. The summed E-state index contributed by atoms with van der Waals surface area (Å²) in [5.41, 5.74) is 5.22. The zero-order chi connectivity index (χ0) is 8.85. The minimum absolute atomic E-state index is 0.109. The number of nitrogens with two attached hydrogens (primary N) is 1. The van der Waals surface area contributed by atoms with Crippen LogP contribution in [0.1, 0.15) is 20.3 Å². The molecule has 0 unspecified atom stereocenters. The van der Waals surface area contributed by atoms with Crippen LogP contribution in [-0.4, -0.2) is 17.6 Å². The number of primary amides is 1. The molecular weight excluding hydrogens is 144 g/mol. The van der Waals surface area contributed by atoms with E-state index in [4.69, 9.17) is 10.8 Å². The van der Waals surface area contributed by atoms with Crippen molar-refractivity contribution in [1.82, 2.24) is 5.32 Å². The van der Waals surface area contributed by atoms with Crippen LogP contribution in [0.3, 0.4) is 0 Å². The fourth-order valence-electron chi connectivity index (χ4n) is 0.733. The topological polar surface area (TPSA) is 75.3 Å². The van der Waals surface area contributed by atoms with E-state index in [0.717, 1.165) is 0 Å². The molecule has 0 spiro atoms. The number of carbonyl (C=O) groups excluding carboxylic acids is 1. The Balaban J connectivity index is 4.40. The molecule has 0 radical (unpaired) electrons. The quantitative estimate of drug-likeness (QED) is 0.406. The molecule has 1 amide bonds. The highest BCUT2D eigenvalue weighted by Gasteiger charge is 2.07. The van der Waals surface area contributed by atoms with Crippen LogP contribution in [0.25, 0.3) is 0 Å². The summed E-state index contributed by atoms with van der Waals surface area (Å²) in [6.45, 7) is 4.15. The second-order valence-electron chi connectivity index (χ2n) is 2.08. The van der Waals surface area contributed by atoms with Gasteiger partial charge in [-0.25, -0.2) is 0 Å². The second-order valence-corrected chi connectivity index (χ2v) is 2.08. The van der Waals surface area contributed by atoms with E-state index in [-0.39, 0.29) is 11.5 Å². The van der Waals surface area contributed by atoms with E-state index >= 15 is 0 Å². The molecule has 64 valence electrons. The van der Waals surface area contributed by atoms with Crippen LogP contribution >= 0.6 is 0 Å². The largest absolute Gasteiger partial charge is 0.494 e. The van der Waals surface area contributed by atoms with Crippen LogP contribution in [0.15, 0.2) is 11.5 Å². The van der Waals surface area contributed by atoms with Gasteiger partial charge in [-0.15, -0.1) is 0 Å². The molecular formula is C7H14N2O2. The number of rotatable bonds is 4. The fraction of sp³-hybridized carbons (Fsp3) is 0.571. The molecule has 0 aromatic heterocycles. The number of nitrogens with one attached hydrogen (secondary N) is 1. The van der Waals surface area contributed by atoms with E-state index in [1.54, 1.807) is 6.92 Å². The van der Waals surface area contributed by atoms with Crippen molar-refractivity contribution in [2.24, 2.45) is 5.73 Å². The molecule has 0 fully saturated rings. The van der Waals surface area contributed by atoms with Crippen LogP contribution < -0.4 is 11.1 Å². The SMILES string of the molecule is CCNC(O)=C(CC)C(N)=O. The summed E-state index contributed by atoms with van der Waals surface area (Å²) >= 11 is 0. The van der Waals surface area contributed by atoms with E-state index in [1.807, 2.05) is 6.92 Å². The smallest absolute Gasteiger partial charge is 0.249 e. The van der Waals surface area contributed by atoms with Gasteiger partial charge in [0.2, 0.25) is 5.91 Å². The van der Waals surface area contributed by atoms with Gasteiger partial charge in [0.25, 0.3) is 0 Å². The van der Waals surface area contributed by atoms with Crippen molar-refractivity contribution in [3.05, 3.63) is 11.5 Å². The molecule has 0 aromatic carbocycles. The van der Waals surface area contributed by atoms with Gasteiger partial charge < -0.3 is 16.2 Å². The summed E-state index contributed by atoms with van der Waals surface area (Å²) in [5, 5.41) is 11.8. The number of hydrogen-bond donors (Lipinski definition) is 3. The third-order valence-electron chi connectivity index (χ3n) is 1.28. The maximum atomic E-state index is 10.6. The highest BCUT2D eigenvalue weighted by Crippen LogP contribution is 2.02. The summed E-state index contributed by atoms with van der Waals surface area (Å²) in [6.07, 6.45) is 0.439. The molecule has 0 aliphatic heterocycles. The molecule has 0 aliphatic rings. The number of aliphatic hydroxyl groups excluding tert-OH is 1. The standard InChI is InChI=1S/C7H14N2O2/c1-3-5(6(8)10)7(11)9-4-2/h9,11H,3-4H2,1-2H3,(H2,8,10). The summed E-state index contributed by atoms with van der Waals surface area (Å²) in [6, 6.07) is 0. The van der Waals surface area contributed by atoms with Gasteiger partial charge in [-0.05, 0) is 13.3 Å². The van der Waals surface area contributed by atoms with Crippen LogP contribution in [0, 0.1) is 0 Å². The molecule has 0 rings (SSSR count). The van der Waals surface area contributed by atoms with E-state index in [2.05, 4.69) is 5.32 Å². The summed E-state index contributed by atoms with van der Waals surface area (Å²) in [7, 11) is 0. The van der Waals surface area contributed by atoms with E-state index < -0.39 is 5.91 Å². The molecule has 4 N–H and O–H groups in total. The Morgan fingerprint density at radius 1 is 1.55 bits per heavy atom. The fourth-order valence-corrected chi connectivity index (χ4v) is 0.733. The van der Waals surface area contributed by atoms with Crippen molar-refractivity contribution >= 4 is 5.91 Å². The van der Waals surface area contributed by atoms with Gasteiger partial charge in [0, 0.05) is 6.54 Å². The molecule has 0 heterocycles. The van der Waals surface area contributed by atoms with E-state index in [1.165, 1.54) is 0 Å². The molecule has 4 heteroatoms. The maximum Gasteiger partial charge on any atom is 0.249 e. The van der Waals surface area contributed by atoms with Crippen molar-refractivity contribution in [2.75, 3.05) is 6.54 Å². The first-order chi connectivity index (χ1) is 5.13. The molecule has 0 bridgehead atoms. The molecule has 0 aromatic rings. The Morgan fingerprint density at radius 3 is 2.36 bits per heavy atom. The zero-order valence-electron chi connectivity index (χ0n) is 6.85. The summed E-state index contributed by atoms with van der Waals surface area (Å²) < 4.78 is 0. The molecule has 0 aliphatic carbocycles. The molecule has 0 saturated heterocycles. The van der Waals surface area contributed by atoms with E-state index in [0.29, 0.717) is 13.0 Å². The lowest BCUT2D eigenvalue weighted by Gasteiger charge is -2.05. The van der Waals surface area contributed by atoms with E-state index in [9.17, 15) is 4.79 Å². The number of aliphatic hydroxyl groups is 1. The van der Waals surface area contributed by atoms with Crippen LogP contribution in [-0.2, 0) is 4.79 Å². The van der Waals surface area contributed by atoms with Crippen LogP contribution in [0.2, 0.25) is 0 Å². The van der Waals surface area contributed by atoms with Gasteiger partial charge in [-0.2, -0.15) is 0 Å². The number of hydrogen-bond acceptors (Lipinski definition) is 3. The zero-order valence-corrected chi connectivity index (χ0v) is 6.85. The van der Waals surface area contributed by atoms with Gasteiger partial charge >= 0.3 is 0 Å². The highest BCUT2D eigenvalue weighted by atomic mass is 16.3. The van der Waals surface area contributed by atoms with Crippen molar-refractivity contribution < 1.29 is 9.90 Å².